The number of rotatable bonds is 2. The molecule has 0 saturated carbocycles. The first kappa shape index (κ1) is 16.1. The Kier molecular flexibility index (Phi) is 6.70. The number of ether oxygens (including phenoxy) is 1. The van der Waals surface area contributed by atoms with Crippen molar-refractivity contribution in [3.05, 3.63) is 35.4 Å². The minimum absolute atomic E-state index is 0.162. The molecule has 0 aromatic heterocycles. The molecular formula is C12H15F3N2O. The molecule has 6 heteroatoms. The molecule has 0 radical (unpaired) electrons. The maximum Gasteiger partial charge on any atom is 0.417 e. The smallest absolute Gasteiger partial charge is 0.417 e. The molecule has 0 aliphatic heterocycles. The minimum Gasteiger partial charge on any atom is -0.479 e. The van der Waals surface area contributed by atoms with Gasteiger partial charge in [0.15, 0.2) is 0 Å². The van der Waals surface area contributed by atoms with E-state index < -0.39 is 11.7 Å². The van der Waals surface area contributed by atoms with E-state index in [2.05, 4.69) is 16.9 Å². The van der Waals surface area contributed by atoms with Crippen molar-refractivity contribution in [2.24, 2.45) is 10.2 Å². The molecule has 0 atom stereocenters. The van der Waals surface area contributed by atoms with Gasteiger partial charge in [0.25, 0.3) is 0 Å². The summed E-state index contributed by atoms with van der Waals surface area (Å²) in [6, 6.07) is 4.96. The van der Waals surface area contributed by atoms with Gasteiger partial charge in [0.1, 0.15) is 0 Å². The van der Waals surface area contributed by atoms with Crippen molar-refractivity contribution in [2.75, 3.05) is 7.11 Å². The summed E-state index contributed by atoms with van der Waals surface area (Å²) < 4.78 is 42.6. The van der Waals surface area contributed by atoms with Crippen molar-refractivity contribution >= 4 is 12.6 Å². The highest BCUT2D eigenvalue weighted by atomic mass is 19.4. The van der Waals surface area contributed by atoms with E-state index in [-0.39, 0.29) is 11.5 Å². The minimum atomic E-state index is -4.46. The van der Waals surface area contributed by atoms with Crippen LogP contribution in [-0.2, 0) is 10.9 Å². The van der Waals surface area contributed by atoms with Crippen molar-refractivity contribution < 1.29 is 17.9 Å². The zero-order chi connectivity index (χ0) is 14.2. The summed E-state index contributed by atoms with van der Waals surface area (Å²) in [6.07, 6.45) is -4.46. The molecule has 0 fully saturated rings. The van der Waals surface area contributed by atoms with E-state index in [9.17, 15) is 13.2 Å². The van der Waals surface area contributed by atoms with Gasteiger partial charge < -0.3 is 4.74 Å². The maximum absolute atomic E-state index is 12.6. The molecule has 0 N–H and O–H groups in total. The first-order valence-corrected chi connectivity index (χ1v) is 5.25. The number of hydrogen-bond acceptors (Lipinski definition) is 3. The van der Waals surface area contributed by atoms with E-state index in [0.29, 0.717) is 0 Å². The van der Waals surface area contributed by atoms with Crippen LogP contribution >= 0.6 is 0 Å². The van der Waals surface area contributed by atoms with Crippen LogP contribution in [0.2, 0.25) is 0 Å². The standard InChI is InChI=1S/C10H9F3N2O.C2H6/c1-14-15-9(16-2)7-5-3-4-6-8(7)10(11,12)13;1-2/h3-6H,1H2,2H3;1-2H3/b15-9-;. The van der Waals surface area contributed by atoms with Crippen LogP contribution in [0.15, 0.2) is 34.5 Å². The number of halogens is 3. The summed E-state index contributed by atoms with van der Waals surface area (Å²) in [6.45, 7) is 7.07. The number of methoxy groups -OCH3 is 1. The van der Waals surface area contributed by atoms with Crippen molar-refractivity contribution in [2.45, 2.75) is 20.0 Å². The summed E-state index contributed by atoms with van der Waals surface area (Å²) in [4.78, 5) is 0. The maximum atomic E-state index is 12.6. The molecule has 18 heavy (non-hydrogen) atoms. The largest absolute Gasteiger partial charge is 0.479 e. The van der Waals surface area contributed by atoms with Crippen LogP contribution in [0.1, 0.15) is 25.0 Å². The Morgan fingerprint density at radius 2 is 1.78 bits per heavy atom. The Bertz CT molecular complexity index is 414. The monoisotopic (exact) mass is 260 g/mol. The van der Waals surface area contributed by atoms with E-state index in [1.165, 1.54) is 25.3 Å². The lowest BCUT2D eigenvalue weighted by atomic mass is 10.1. The molecule has 0 aliphatic carbocycles. The molecule has 0 spiro atoms. The molecule has 3 nitrogen and oxygen atoms in total. The lowest BCUT2D eigenvalue weighted by Crippen LogP contribution is -2.14. The number of benzene rings is 1. The molecule has 1 aromatic carbocycles. The normalized spacial score (nSPS) is 11.3. The Hall–Kier alpha value is -1.85. The molecule has 0 bridgehead atoms. The average molecular weight is 260 g/mol. The summed E-state index contributed by atoms with van der Waals surface area (Å²) in [5.74, 6) is -0.220. The number of alkyl halides is 3. The van der Waals surface area contributed by atoms with Gasteiger partial charge in [0.05, 0.1) is 18.2 Å². The van der Waals surface area contributed by atoms with Gasteiger partial charge in [-0.05, 0) is 12.1 Å². The predicted molar refractivity (Wildman–Crippen MR) is 65.9 cm³/mol. The Labute approximate surface area is 104 Å². The van der Waals surface area contributed by atoms with E-state index in [1.807, 2.05) is 13.8 Å². The van der Waals surface area contributed by atoms with Gasteiger partial charge >= 0.3 is 6.18 Å². The number of hydrogen-bond donors (Lipinski definition) is 0. The molecule has 1 rings (SSSR count). The van der Waals surface area contributed by atoms with Crippen LogP contribution in [0.25, 0.3) is 0 Å². The first-order valence-electron chi connectivity index (χ1n) is 5.25. The third-order valence-corrected chi connectivity index (χ3v) is 1.82. The lowest BCUT2D eigenvalue weighted by molar-refractivity contribution is -0.137. The van der Waals surface area contributed by atoms with Crippen LogP contribution in [0, 0.1) is 0 Å². The van der Waals surface area contributed by atoms with Gasteiger partial charge in [-0.25, -0.2) is 0 Å². The summed E-state index contributed by atoms with van der Waals surface area (Å²) in [5.41, 5.74) is -0.982. The average Bonchev–Trinajstić information content (AvgIpc) is 2.37. The van der Waals surface area contributed by atoms with Crippen LogP contribution in [-0.4, -0.2) is 19.7 Å². The van der Waals surface area contributed by atoms with Gasteiger partial charge in [0.2, 0.25) is 5.90 Å². The quantitative estimate of drug-likeness (QED) is 0.453. The van der Waals surface area contributed by atoms with E-state index in [1.54, 1.807) is 0 Å². The van der Waals surface area contributed by atoms with E-state index in [4.69, 9.17) is 4.74 Å². The van der Waals surface area contributed by atoms with Crippen LogP contribution in [0.4, 0.5) is 13.2 Å². The van der Waals surface area contributed by atoms with Gasteiger partial charge in [-0.2, -0.15) is 18.3 Å². The van der Waals surface area contributed by atoms with Crippen LogP contribution in [0.5, 0.6) is 0 Å². The molecular weight excluding hydrogens is 245 g/mol. The van der Waals surface area contributed by atoms with Crippen molar-refractivity contribution in [1.29, 1.82) is 0 Å². The Morgan fingerprint density at radius 3 is 2.22 bits per heavy atom. The van der Waals surface area contributed by atoms with Crippen LogP contribution in [0.3, 0.4) is 0 Å². The summed E-state index contributed by atoms with van der Waals surface area (Å²) >= 11 is 0. The highest BCUT2D eigenvalue weighted by molar-refractivity contribution is 5.95. The molecule has 0 aliphatic rings. The van der Waals surface area contributed by atoms with Crippen LogP contribution < -0.4 is 0 Å². The molecule has 1 aromatic rings. The van der Waals surface area contributed by atoms with E-state index in [0.717, 1.165) is 6.07 Å². The van der Waals surface area contributed by atoms with Gasteiger partial charge in [-0.1, -0.05) is 26.0 Å². The zero-order valence-electron chi connectivity index (χ0n) is 10.5. The van der Waals surface area contributed by atoms with E-state index >= 15 is 0 Å². The van der Waals surface area contributed by atoms with Gasteiger partial charge in [0, 0.05) is 6.72 Å². The second kappa shape index (κ2) is 7.47. The second-order valence-electron chi connectivity index (χ2n) is 2.79. The summed E-state index contributed by atoms with van der Waals surface area (Å²) in [5, 5.41) is 6.55. The lowest BCUT2D eigenvalue weighted by Gasteiger charge is -2.12. The van der Waals surface area contributed by atoms with Crippen molar-refractivity contribution in [1.82, 2.24) is 0 Å². The molecule has 0 heterocycles. The second-order valence-corrected chi connectivity index (χ2v) is 2.79. The van der Waals surface area contributed by atoms with Crippen molar-refractivity contribution in [3.63, 3.8) is 0 Å². The van der Waals surface area contributed by atoms with Crippen molar-refractivity contribution in [3.8, 4) is 0 Å². The summed E-state index contributed by atoms with van der Waals surface area (Å²) in [7, 11) is 1.22. The molecule has 100 valence electrons. The zero-order valence-corrected chi connectivity index (χ0v) is 10.5. The third-order valence-electron chi connectivity index (χ3n) is 1.82. The molecule has 0 unspecified atom stereocenters. The highest BCUT2D eigenvalue weighted by Gasteiger charge is 2.34. The highest BCUT2D eigenvalue weighted by Crippen LogP contribution is 2.32. The van der Waals surface area contributed by atoms with Gasteiger partial charge in [-0.15, -0.1) is 5.10 Å². The fourth-order valence-corrected chi connectivity index (χ4v) is 1.19. The first-order chi connectivity index (χ1) is 8.50. The fraction of sp³-hybridized carbons (Fsp3) is 0.333. The topological polar surface area (TPSA) is 34.0 Å². The Balaban J connectivity index is 0.00000137. The Morgan fingerprint density at radius 1 is 1.22 bits per heavy atom. The SMILES string of the molecule is C=N/N=C(\OC)c1ccccc1C(F)(F)F.CC. The fourth-order valence-electron chi connectivity index (χ4n) is 1.19. The van der Waals surface area contributed by atoms with Gasteiger partial charge in [-0.3, -0.25) is 0 Å². The number of nitrogens with zero attached hydrogens (tertiary/aromatic N) is 2. The molecule has 0 saturated heterocycles. The molecule has 0 amide bonds. The third kappa shape index (κ3) is 4.20. The predicted octanol–water partition coefficient (Wildman–Crippen LogP) is 3.74.